The van der Waals surface area contributed by atoms with E-state index in [1.165, 1.54) is 18.2 Å². The van der Waals surface area contributed by atoms with E-state index >= 15 is 0 Å². The van der Waals surface area contributed by atoms with Crippen molar-refractivity contribution in [3.63, 3.8) is 0 Å². The molecular formula is C14H11ClN2O3. The van der Waals surface area contributed by atoms with Gasteiger partial charge in [-0.15, -0.1) is 0 Å². The van der Waals surface area contributed by atoms with Crippen molar-refractivity contribution in [2.24, 2.45) is 0 Å². The third-order valence-electron chi connectivity index (χ3n) is 2.75. The van der Waals surface area contributed by atoms with E-state index in [2.05, 4.69) is 5.32 Å². The van der Waals surface area contributed by atoms with Gasteiger partial charge in [0.1, 0.15) is 12.0 Å². The molecule has 102 valence electrons. The molecule has 0 fully saturated rings. The van der Waals surface area contributed by atoms with Crippen molar-refractivity contribution in [3.05, 3.63) is 68.7 Å². The van der Waals surface area contributed by atoms with Gasteiger partial charge in [-0.25, -0.2) is 0 Å². The fourth-order valence-electron chi connectivity index (χ4n) is 1.72. The number of hydrogen-bond acceptors (Lipinski definition) is 4. The monoisotopic (exact) mass is 290 g/mol. The molecular weight excluding hydrogens is 280 g/mol. The van der Waals surface area contributed by atoms with E-state index in [-0.39, 0.29) is 11.3 Å². The zero-order chi connectivity index (χ0) is 14.5. The minimum atomic E-state index is -0.517. The Morgan fingerprint density at radius 2 is 1.90 bits per heavy atom. The number of aldehydes is 1. The number of benzene rings is 2. The fraction of sp³-hybridized carbons (Fsp3) is 0.0714. The van der Waals surface area contributed by atoms with Crippen LogP contribution < -0.4 is 5.32 Å². The topological polar surface area (TPSA) is 72.2 Å². The second-order valence-corrected chi connectivity index (χ2v) is 4.57. The number of carbonyl (C=O) groups is 1. The molecule has 0 atom stereocenters. The predicted octanol–water partition coefficient (Wildman–Crippen LogP) is 3.67. The Bertz CT molecular complexity index is 641. The average molecular weight is 291 g/mol. The number of nitro groups is 1. The minimum Gasteiger partial charge on any atom is -0.375 e. The lowest BCUT2D eigenvalue weighted by Gasteiger charge is -2.07. The first-order valence-corrected chi connectivity index (χ1v) is 6.20. The van der Waals surface area contributed by atoms with Gasteiger partial charge in [0.05, 0.1) is 4.92 Å². The first kappa shape index (κ1) is 14.0. The Morgan fingerprint density at radius 3 is 2.50 bits per heavy atom. The van der Waals surface area contributed by atoms with E-state index in [0.717, 1.165) is 5.56 Å². The number of rotatable bonds is 5. The first-order chi connectivity index (χ1) is 9.60. The van der Waals surface area contributed by atoms with Crippen molar-refractivity contribution in [2.75, 3.05) is 5.32 Å². The van der Waals surface area contributed by atoms with Crippen molar-refractivity contribution >= 4 is 29.3 Å². The third-order valence-corrected chi connectivity index (χ3v) is 3.00. The Balaban J connectivity index is 2.18. The normalized spacial score (nSPS) is 10.1. The Morgan fingerprint density at radius 1 is 1.20 bits per heavy atom. The zero-order valence-corrected chi connectivity index (χ0v) is 11.1. The van der Waals surface area contributed by atoms with Crippen LogP contribution in [0.25, 0.3) is 0 Å². The SMILES string of the molecule is O=Cc1ccc(NCc2ccc(Cl)cc2)c([N+](=O)[O-])c1. The standard InChI is InChI=1S/C14H11ClN2O3/c15-12-4-1-10(2-5-12)8-16-13-6-3-11(9-18)7-14(13)17(19)20/h1-7,9,16H,8H2. The number of anilines is 1. The van der Waals surface area contributed by atoms with Crippen molar-refractivity contribution in [1.82, 2.24) is 0 Å². The molecule has 2 rings (SSSR count). The van der Waals surface area contributed by atoms with Gasteiger partial charge in [0.15, 0.2) is 0 Å². The van der Waals surface area contributed by atoms with E-state index in [0.29, 0.717) is 23.5 Å². The molecule has 0 aliphatic rings. The van der Waals surface area contributed by atoms with Gasteiger partial charge >= 0.3 is 0 Å². The van der Waals surface area contributed by atoms with E-state index in [9.17, 15) is 14.9 Å². The lowest BCUT2D eigenvalue weighted by atomic mass is 10.1. The number of halogens is 1. The summed E-state index contributed by atoms with van der Waals surface area (Å²) in [6, 6.07) is 11.5. The van der Waals surface area contributed by atoms with Crippen LogP contribution in [0.4, 0.5) is 11.4 Å². The minimum absolute atomic E-state index is 0.122. The summed E-state index contributed by atoms with van der Waals surface area (Å²) in [5.74, 6) is 0. The molecule has 0 aliphatic heterocycles. The molecule has 0 aliphatic carbocycles. The van der Waals surface area contributed by atoms with E-state index in [1.807, 2.05) is 12.1 Å². The quantitative estimate of drug-likeness (QED) is 0.518. The average Bonchev–Trinajstić information content (AvgIpc) is 2.46. The summed E-state index contributed by atoms with van der Waals surface area (Å²) in [5.41, 5.74) is 1.47. The van der Waals surface area contributed by atoms with Crippen molar-refractivity contribution < 1.29 is 9.72 Å². The summed E-state index contributed by atoms with van der Waals surface area (Å²) in [6.45, 7) is 0.429. The maximum Gasteiger partial charge on any atom is 0.293 e. The summed E-state index contributed by atoms with van der Waals surface area (Å²) < 4.78 is 0. The van der Waals surface area contributed by atoms with Crippen LogP contribution in [0.5, 0.6) is 0 Å². The van der Waals surface area contributed by atoms with Crippen LogP contribution in [-0.4, -0.2) is 11.2 Å². The van der Waals surface area contributed by atoms with Gasteiger partial charge in [-0.05, 0) is 29.8 Å². The first-order valence-electron chi connectivity index (χ1n) is 5.82. The molecule has 0 saturated carbocycles. The lowest BCUT2D eigenvalue weighted by Crippen LogP contribution is -2.03. The molecule has 0 spiro atoms. The molecule has 0 saturated heterocycles. The molecule has 2 aromatic carbocycles. The molecule has 0 radical (unpaired) electrons. The maximum atomic E-state index is 11.0. The Kier molecular flexibility index (Phi) is 4.32. The van der Waals surface area contributed by atoms with E-state index in [4.69, 9.17) is 11.6 Å². The van der Waals surface area contributed by atoms with Crippen LogP contribution in [-0.2, 0) is 6.54 Å². The zero-order valence-electron chi connectivity index (χ0n) is 10.4. The maximum absolute atomic E-state index is 11.0. The van der Waals surface area contributed by atoms with Crippen LogP contribution in [0.2, 0.25) is 5.02 Å². The number of hydrogen-bond donors (Lipinski definition) is 1. The second-order valence-electron chi connectivity index (χ2n) is 4.13. The van der Waals surface area contributed by atoms with Crippen molar-refractivity contribution in [2.45, 2.75) is 6.54 Å². The number of nitrogens with one attached hydrogen (secondary N) is 1. The molecule has 0 aromatic heterocycles. The van der Waals surface area contributed by atoms with Gasteiger partial charge in [-0.2, -0.15) is 0 Å². The van der Waals surface area contributed by atoms with Crippen LogP contribution in [0, 0.1) is 10.1 Å². The number of nitro benzene ring substituents is 1. The van der Waals surface area contributed by atoms with Gasteiger partial charge in [0.25, 0.3) is 5.69 Å². The molecule has 6 heteroatoms. The second kappa shape index (κ2) is 6.16. The lowest BCUT2D eigenvalue weighted by molar-refractivity contribution is -0.384. The Hall–Kier alpha value is -2.40. The summed E-state index contributed by atoms with van der Waals surface area (Å²) in [6.07, 6.45) is 0.579. The smallest absolute Gasteiger partial charge is 0.293 e. The molecule has 0 bridgehead atoms. The molecule has 2 aromatic rings. The molecule has 0 unspecified atom stereocenters. The van der Waals surface area contributed by atoms with E-state index in [1.54, 1.807) is 12.1 Å². The molecule has 0 heterocycles. The number of nitrogens with zero attached hydrogens (tertiary/aromatic N) is 1. The van der Waals surface area contributed by atoms with E-state index < -0.39 is 4.92 Å². The van der Waals surface area contributed by atoms with Crippen molar-refractivity contribution in [3.8, 4) is 0 Å². The highest BCUT2D eigenvalue weighted by molar-refractivity contribution is 6.30. The van der Waals surface area contributed by atoms with Gasteiger partial charge in [0, 0.05) is 23.2 Å². The van der Waals surface area contributed by atoms with Crippen LogP contribution >= 0.6 is 11.6 Å². The summed E-state index contributed by atoms with van der Waals surface area (Å²) >= 11 is 5.79. The Labute approximate surface area is 120 Å². The van der Waals surface area contributed by atoms with Crippen LogP contribution in [0.15, 0.2) is 42.5 Å². The van der Waals surface area contributed by atoms with Crippen molar-refractivity contribution in [1.29, 1.82) is 0 Å². The fourth-order valence-corrected chi connectivity index (χ4v) is 1.85. The largest absolute Gasteiger partial charge is 0.375 e. The number of carbonyl (C=O) groups excluding carboxylic acids is 1. The molecule has 20 heavy (non-hydrogen) atoms. The van der Waals surface area contributed by atoms with Crippen LogP contribution in [0.3, 0.4) is 0 Å². The van der Waals surface area contributed by atoms with Gasteiger partial charge in [-0.3, -0.25) is 14.9 Å². The summed E-state index contributed by atoms with van der Waals surface area (Å²) in [7, 11) is 0. The van der Waals surface area contributed by atoms with Gasteiger partial charge < -0.3 is 5.32 Å². The van der Waals surface area contributed by atoms with Gasteiger partial charge in [0.2, 0.25) is 0 Å². The molecule has 0 amide bonds. The highest BCUT2D eigenvalue weighted by atomic mass is 35.5. The molecule has 1 N–H and O–H groups in total. The van der Waals surface area contributed by atoms with Crippen LogP contribution in [0.1, 0.15) is 15.9 Å². The summed E-state index contributed by atoms with van der Waals surface area (Å²) in [4.78, 5) is 21.1. The highest BCUT2D eigenvalue weighted by Crippen LogP contribution is 2.25. The third kappa shape index (κ3) is 3.33. The predicted molar refractivity (Wildman–Crippen MR) is 77.3 cm³/mol. The summed E-state index contributed by atoms with van der Waals surface area (Å²) in [5, 5.41) is 14.6. The van der Waals surface area contributed by atoms with Gasteiger partial charge in [-0.1, -0.05) is 23.7 Å². The highest BCUT2D eigenvalue weighted by Gasteiger charge is 2.14. The molecule has 5 nitrogen and oxygen atoms in total.